The zero-order valence-electron chi connectivity index (χ0n) is 10.7. The quantitative estimate of drug-likeness (QED) is 0.649. The molecule has 0 aromatic heterocycles. The fourth-order valence-corrected chi connectivity index (χ4v) is 3.73. The molecule has 3 N–H and O–H groups in total. The second kappa shape index (κ2) is 5.13. The number of hydrogen-bond donors (Lipinski definition) is 2. The number of nitrogens with two attached hydrogens (primary N) is 1. The van der Waals surface area contributed by atoms with E-state index in [9.17, 15) is 0 Å². The van der Waals surface area contributed by atoms with E-state index in [4.69, 9.17) is 15.9 Å². The largest absolute Gasteiger partial charge is 0.384 e. The number of hydrogen-bond acceptors (Lipinski definition) is 3. The number of halogens is 1. The Morgan fingerprint density at radius 3 is 3.00 bits per heavy atom. The minimum absolute atomic E-state index is 0.0964. The van der Waals surface area contributed by atoms with E-state index in [0.717, 1.165) is 23.2 Å². The number of benzene rings is 1. The summed E-state index contributed by atoms with van der Waals surface area (Å²) in [6, 6.07) is 6.55. The highest BCUT2D eigenvalue weighted by molar-refractivity contribution is 9.10. The molecule has 2 unspecified atom stereocenters. The van der Waals surface area contributed by atoms with Crippen LogP contribution in [-0.2, 0) is 4.74 Å². The van der Waals surface area contributed by atoms with E-state index in [1.165, 1.54) is 24.9 Å². The van der Waals surface area contributed by atoms with Gasteiger partial charge in [0.2, 0.25) is 0 Å². The van der Waals surface area contributed by atoms with Gasteiger partial charge in [-0.3, -0.25) is 5.41 Å². The Morgan fingerprint density at radius 2 is 2.26 bits per heavy atom. The van der Waals surface area contributed by atoms with Gasteiger partial charge in [-0.05, 0) is 53.4 Å². The topological polar surface area (TPSA) is 62.3 Å². The lowest BCUT2D eigenvalue weighted by atomic mass is 10.1. The Bertz CT molecular complexity index is 505. The Kier molecular flexibility index (Phi) is 3.50. The number of amidine groups is 1. The molecule has 0 amide bonds. The van der Waals surface area contributed by atoms with Gasteiger partial charge in [-0.15, -0.1) is 0 Å². The van der Waals surface area contributed by atoms with Crippen molar-refractivity contribution in [2.75, 3.05) is 18.1 Å². The number of nitrogens with zero attached hydrogens (tertiary/aromatic N) is 1. The van der Waals surface area contributed by atoms with Gasteiger partial charge in [0.25, 0.3) is 0 Å². The van der Waals surface area contributed by atoms with Crippen LogP contribution in [0.5, 0.6) is 0 Å². The second-order valence-corrected chi connectivity index (χ2v) is 6.03. The number of nitrogen functional groups attached to an aromatic ring is 1. The van der Waals surface area contributed by atoms with Crippen molar-refractivity contribution in [1.82, 2.24) is 0 Å². The van der Waals surface area contributed by atoms with Crippen molar-refractivity contribution in [3.05, 3.63) is 28.2 Å². The van der Waals surface area contributed by atoms with Gasteiger partial charge in [0.05, 0.1) is 18.8 Å². The van der Waals surface area contributed by atoms with Gasteiger partial charge in [-0.2, -0.15) is 0 Å². The standard InChI is InChI=1S/C14H18BrN3O/c15-11-8-9(4-5-10(11)14(16)17)18-6-7-19-13-3-1-2-12(13)18/h4-5,8,12-13H,1-3,6-7H2,(H3,16,17). The minimum atomic E-state index is 0.0964. The lowest BCUT2D eigenvalue weighted by molar-refractivity contribution is 0.0256. The summed E-state index contributed by atoms with van der Waals surface area (Å²) in [7, 11) is 0. The van der Waals surface area contributed by atoms with Gasteiger partial charge >= 0.3 is 0 Å². The summed E-state index contributed by atoms with van der Waals surface area (Å²) in [4.78, 5) is 2.44. The summed E-state index contributed by atoms with van der Waals surface area (Å²) >= 11 is 3.51. The van der Waals surface area contributed by atoms with Gasteiger partial charge in [0, 0.05) is 22.3 Å². The fraction of sp³-hybridized carbons (Fsp3) is 0.500. The molecule has 1 aliphatic heterocycles. The first kappa shape index (κ1) is 12.9. The van der Waals surface area contributed by atoms with E-state index in [-0.39, 0.29) is 5.84 Å². The lowest BCUT2D eigenvalue weighted by Crippen LogP contribution is -2.48. The van der Waals surface area contributed by atoms with Crippen molar-refractivity contribution in [3.63, 3.8) is 0 Å². The van der Waals surface area contributed by atoms with Crippen LogP contribution in [0.15, 0.2) is 22.7 Å². The molecule has 2 fully saturated rings. The van der Waals surface area contributed by atoms with Crippen LogP contribution in [0.2, 0.25) is 0 Å². The Hall–Kier alpha value is -1.07. The van der Waals surface area contributed by atoms with E-state index >= 15 is 0 Å². The molecule has 0 spiro atoms. The molecule has 19 heavy (non-hydrogen) atoms. The molecule has 4 nitrogen and oxygen atoms in total. The average molecular weight is 324 g/mol. The third kappa shape index (κ3) is 2.37. The number of ether oxygens (including phenoxy) is 1. The summed E-state index contributed by atoms with van der Waals surface area (Å²) < 4.78 is 6.73. The number of rotatable bonds is 2. The maximum atomic E-state index is 7.52. The van der Waals surface area contributed by atoms with Crippen molar-refractivity contribution in [1.29, 1.82) is 5.41 Å². The smallest absolute Gasteiger partial charge is 0.123 e. The second-order valence-electron chi connectivity index (χ2n) is 5.18. The molecule has 1 saturated carbocycles. The van der Waals surface area contributed by atoms with Crippen LogP contribution >= 0.6 is 15.9 Å². The lowest BCUT2D eigenvalue weighted by Gasteiger charge is -2.39. The summed E-state index contributed by atoms with van der Waals surface area (Å²) in [5, 5.41) is 7.52. The first-order chi connectivity index (χ1) is 9.16. The molecule has 5 heteroatoms. The van der Waals surface area contributed by atoms with E-state index in [1.807, 2.05) is 6.07 Å². The highest BCUT2D eigenvalue weighted by Gasteiger charge is 2.36. The summed E-state index contributed by atoms with van der Waals surface area (Å²) in [5.74, 6) is 0.0964. The number of morpholine rings is 1. The molecular formula is C14H18BrN3O. The molecule has 1 heterocycles. The highest BCUT2D eigenvalue weighted by Crippen LogP contribution is 2.34. The summed E-state index contributed by atoms with van der Waals surface area (Å²) in [6.07, 6.45) is 4.02. The highest BCUT2D eigenvalue weighted by atomic mass is 79.9. The van der Waals surface area contributed by atoms with Crippen molar-refractivity contribution < 1.29 is 4.74 Å². The van der Waals surface area contributed by atoms with Crippen LogP contribution in [0.1, 0.15) is 24.8 Å². The predicted octanol–water partition coefficient (Wildman–Crippen LogP) is 2.49. The van der Waals surface area contributed by atoms with E-state index in [2.05, 4.69) is 33.0 Å². The first-order valence-corrected chi connectivity index (χ1v) is 7.48. The first-order valence-electron chi connectivity index (χ1n) is 6.69. The number of nitrogens with one attached hydrogen (secondary N) is 1. The molecule has 1 saturated heterocycles. The molecule has 0 bridgehead atoms. The minimum Gasteiger partial charge on any atom is -0.384 e. The van der Waals surface area contributed by atoms with Crippen LogP contribution < -0.4 is 10.6 Å². The zero-order valence-corrected chi connectivity index (χ0v) is 12.3. The van der Waals surface area contributed by atoms with Crippen LogP contribution in [0.4, 0.5) is 5.69 Å². The Morgan fingerprint density at radius 1 is 1.42 bits per heavy atom. The Labute approximate surface area is 121 Å². The van der Waals surface area contributed by atoms with Gasteiger partial charge in [0.15, 0.2) is 0 Å². The van der Waals surface area contributed by atoms with Gasteiger partial charge in [0.1, 0.15) is 5.84 Å². The molecule has 1 aromatic carbocycles. The Balaban J connectivity index is 1.89. The van der Waals surface area contributed by atoms with Crippen molar-refractivity contribution in [2.24, 2.45) is 5.73 Å². The third-order valence-electron chi connectivity index (χ3n) is 4.06. The average Bonchev–Trinajstić information content (AvgIpc) is 2.86. The van der Waals surface area contributed by atoms with E-state index in [1.54, 1.807) is 0 Å². The van der Waals surface area contributed by atoms with E-state index < -0.39 is 0 Å². The molecule has 1 aromatic rings. The third-order valence-corrected chi connectivity index (χ3v) is 4.71. The van der Waals surface area contributed by atoms with Crippen molar-refractivity contribution in [3.8, 4) is 0 Å². The molecule has 3 rings (SSSR count). The van der Waals surface area contributed by atoms with Gasteiger partial charge in [-0.1, -0.05) is 0 Å². The molecule has 0 radical (unpaired) electrons. The van der Waals surface area contributed by atoms with Crippen molar-refractivity contribution >= 4 is 27.5 Å². The van der Waals surface area contributed by atoms with Gasteiger partial charge in [-0.25, -0.2) is 0 Å². The summed E-state index contributed by atoms with van der Waals surface area (Å²) in [5.41, 5.74) is 7.49. The molecule has 1 aliphatic carbocycles. The zero-order chi connectivity index (χ0) is 13.4. The van der Waals surface area contributed by atoms with Crippen LogP contribution in [0.3, 0.4) is 0 Å². The predicted molar refractivity (Wildman–Crippen MR) is 79.9 cm³/mol. The number of anilines is 1. The van der Waals surface area contributed by atoms with Crippen LogP contribution in [0, 0.1) is 5.41 Å². The normalized spacial score (nSPS) is 26.3. The van der Waals surface area contributed by atoms with Crippen LogP contribution in [-0.4, -0.2) is 31.1 Å². The fourth-order valence-electron chi connectivity index (χ4n) is 3.15. The molecular weight excluding hydrogens is 306 g/mol. The molecule has 2 aliphatic rings. The van der Waals surface area contributed by atoms with Crippen molar-refractivity contribution in [2.45, 2.75) is 31.4 Å². The van der Waals surface area contributed by atoms with Crippen LogP contribution in [0.25, 0.3) is 0 Å². The van der Waals surface area contributed by atoms with Gasteiger partial charge < -0.3 is 15.4 Å². The monoisotopic (exact) mass is 323 g/mol. The maximum Gasteiger partial charge on any atom is 0.123 e. The molecule has 102 valence electrons. The SMILES string of the molecule is N=C(N)c1ccc(N2CCOC3CCCC32)cc1Br. The maximum absolute atomic E-state index is 7.52. The summed E-state index contributed by atoms with van der Waals surface area (Å²) in [6.45, 7) is 1.74. The van der Waals surface area contributed by atoms with E-state index in [0.29, 0.717) is 12.1 Å². The molecule has 2 atom stereocenters. The number of fused-ring (bicyclic) bond motifs is 1.